The summed E-state index contributed by atoms with van der Waals surface area (Å²) >= 11 is 1.39. The normalized spacial score (nSPS) is 31.5. The van der Waals surface area contributed by atoms with E-state index in [-0.39, 0.29) is 47.5 Å². The monoisotopic (exact) mass is 442 g/mol. The molecule has 1 saturated carbocycles. The van der Waals surface area contributed by atoms with Gasteiger partial charge in [-0.05, 0) is 48.2 Å². The van der Waals surface area contributed by atoms with Crippen molar-refractivity contribution in [1.82, 2.24) is 16.1 Å². The molecule has 1 amide bonds. The number of halogens is 2. The van der Waals surface area contributed by atoms with Gasteiger partial charge < -0.3 is 16.1 Å². The van der Waals surface area contributed by atoms with Gasteiger partial charge in [-0.1, -0.05) is 42.4 Å². The van der Waals surface area contributed by atoms with E-state index >= 15 is 0 Å². The number of carbonyl (C=O) groups excluding carboxylic acids is 1. The van der Waals surface area contributed by atoms with E-state index in [1.165, 1.54) is 36.0 Å². The van der Waals surface area contributed by atoms with Crippen LogP contribution in [0.25, 0.3) is 0 Å². The molecule has 31 heavy (non-hydrogen) atoms. The highest BCUT2D eigenvalue weighted by atomic mass is 32.2. The highest BCUT2D eigenvalue weighted by Gasteiger charge is 2.47. The lowest BCUT2D eigenvalue weighted by molar-refractivity contribution is -0.116. The van der Waals surface area contributed by atoms with Crippen LogP contribution in [0.15, 0.2) is 53.6 Å². The van der Waals surface area contributed by atoms with Crippen LogP contribution < -0.4 is 16.1 Å². The van der Waals surface area contributed by atoms with Crippen molar-refractivity contribution in [2.45, 2.75) is 37.4 Å². The number of benzene rings is 2. The van der Waals surface area contributed by atoms with Crippen molar-refractivity contribution in [3.8, 4) is 0 Å². The van der Waals surface area contributed by atoms with E-state index in [1.54, 1.807) is 0 Å². The Morgan fingerprint density at radius 1 is 0.903 bits per heavy atom. The third-order valence-corrected chi connectivity index (χ3v) is 7.45. The molecule has 2 aliphatic heterocycles. The summed E-state index contributed by atoms with van der Waals surface area (Å²) in [5.41, 5.74) is 5.43. The quantitative estimate of drug-likeness (QED) is 0.630. The van der Waals surface area contributed by atoms with Crippen molar-refractivity contribution in [1.29, 1.82) is 0 Å². The number of nitrogens with zero attached hydrogens (tertiary/aromatic N) is 1. The van der Waals surface area contributed by atoms with Crippen LogP contribution in [0.4, 0.5) is 8.78 Å². The molecule has 3 N–H and O–H groups in total. The van der Waals surface area contributed by atoms with Gasteiger partial charge in [0, 0.05) is 23.9 Å². The maximum Gasteiger partial charge on any atom is 0.236 e. The summed E-state index contributed by atoms with van der Waals surface area (Å²) in [6.07, 6.45) is 3.13. The molecule has 3 aliphatic rings. The number of nitrogens with one attached hydrogen (secondary N) is 3. The van der Waals surface area contributed by atoms with Gasteiger partial charge in [0.25, 0.3) is 0 Å². The molecular formula is C23H24F2N4OS. The molecule has 1 aliphatic carbocycles. The van der Waals surface area contributed by atoms with E-state index in [1.807, 2.05) is 24.3 Å². The Labute approximate surface area is 184 Å². The maximum atomic E-state index is 13.6. The predicted octanol–water partition coefficient (Wildman–Crippen LogP) is 3.86. The first-order valence-corrected chi connectivity index (χ1v) is 11.6. The molecule has 2 saturated heterocycles. The van der Waals surface area contributed by atoms with Crippen molar-refractivity contribution in [3.63, 3.8) is 0 Å². The second kappa shape index (κ2) is 8.59. The second-order valence-corrected chi connectivity index (χ2v) is 9.36. The second-order valence-electron chi connectivity index (χ2n) is 8.39. The maximum absolute atomic E-state index is 13.6. The molecule has 0 spiro atoms. The van der Waals surface area contributed by atoms with E-state index < -0.39 is 0 Å². The number of amides is 1. The van der Waals surface area contributed by atoms with Gasteiger partial charge in [0.2, 0.25) is 5.91 Å². The molecule has 0 aromatic heterocycles. The lowest BCUT2D eigenvalue weighted by Gasteiger charge is -2.51. The zero-order chi connectivity index (χ0) is 21.4. The van der Waals surface area contributed by atoms with Gasteiger partial charge in [-0.15, -0.1) is 0 Å². The topological polar surface area (TPSA) is 65.5 Å². The molecule has 5 rings (SSSR count). The first-order chi connectivity index (χ1) is 15.1. The number of rotatable bonds is 4. The number of hydrogen-bond acceptors (Lipinski definition) is 5. The summed E-state index contributed by atoms with van der Waals surface area (Å²) in [6, 6.07) is 13.4. The zero-order valence-corrected chi connectivity index (χ0v) is 17.7. The van der Waals surface area contributed by atoms with E-state index in [9.17, 15) is 13.6 Å². The van der Waals surface area contributed by atoms with Crippen LogP contribution >= 0.6 is 11.8 Å². The fourth-order valence-electron chi connectivity index (χ4n) is 5.19. The molecule has 2 aromatic carbocycles. The summed E-state index contributed by atoms with van der Waals surface area (Å²) in [6.45, 7) is 0. The summed E-state index contributed by atoms with van der Waals surface area (Å²) in [5.74, 6) is 0.345. The Kier molecular flexibility index (Phi) is 5.67. The molecular weight excluding hydrogens is 418 g/mol. The van der Waals surface area contributed by atoms with Crippen LogP contribution in [0.3, 0.4) is 0 Å². The molecule has 4 unspecified atom stereocenters. The molecule has 4 atom stereocenters. The number of thioether (sulfide) groups is 1. The fraction of sp³-hybridized carbons (Fsp3) is 0.391. The lowest BCUT2D eigenvalue weighted by atomic mass is 9.65. The average molecular weight is 443 g/mol. The largest absolute Gasteiger partial charge is 0.304 e. The van der Waals surface area contributed by atoms with E-state index in [0.29, 0.717) is 10.9 Å². The number of carbonyl (C=O) groups is 1. The van der Waals surface area contributed by atoms with Crippen molar-refractivity contribution in [2.75, 3.05) is 5.75 Å². The number of fused-ring (bicyclic) bond motifs is 2. The van der Waals surface area contributed by atoms with Crippen molar-refractivity contribution >= 4 is 22.8 Å². The van der Waals surface area contributed by atoms with Crippen molar-refractivity contribution < 1.29 is 13.6 Å². The Morgan fingerprint density at radius 2 is 1.45 bits per heavy atom. The van der Waals surface area contributed by atoms with Crippen LogP contribution in [0.2, 0.25) is 0 Å². The van der Waals surface area contributed by atoms with E-state index in [4.69, 9.17) is 0 Å². The molecule has 2 bridgehead atoms. The zero-order valence-electron chi connectivity index (χ0n) is 16.9. The predicted molar refractivity (Wildman–Crippen MR) is 117 cm³/mol. The van der Waals surface area contributed by atoms with Gasteiger partial charge in [0.1, 0.15) is 11.6 Å². The molecule has 162 valence electrons. The first kappa shape index (κ1) is 20.5. The SMILES string of the molecule is O=C1CS/C(=N\NC2C3CCCC2C(c2ccc(F)cc2)NC3c2ccc(F)cc2)N1. The smallest absolute Gasteiger partial charge is 0.236 e. The molecule has 2 heterocycles. The van der Waals surface area contributed by atoms with Gasteiger partial charge >= 0.3 is 0 Å². The van der Waals surface area contributed by atoms with Crippen LogP contribution in [0.1, 0.15) is 42.5 Å². The van der Waals surface area contributed by atoms with Crippen molar-refractivity contribution in [3.05, 3.63) is 71.3 Å². The molecule has 3 fully saturated rings. The summed E-state index contributed by atoms with van der Waals surface area (Å²) in [7, 11) is 0. The van der Waals surface area contributed by atoms with Gasteiger partial charge in [0.05, 0.1) is 11.8 Å². The number of piperidine rings is 1. The Bertz CT molecular complexity index is 923. The van der Waals surface area contributed by atoms with Crippen LogP contribution in [-0.4, -0.2) is 22.9 Å². The van der Waals surface area contributed by atoms with Gasteiger partial charge in [0.15, 0.2) is 5.17 Å². The Morgan fingerprint density at radius 3 is 1.94 bits per heavy atom. The lowest BCUT2D eigenvalue weighted by Crippen LogP contribution is -2.57. The number of hydrogen-bond donors (Lipinski definition) is 3. The summed E-state index contributed by atoms with van der Waals surface area (Å²) < 4.78 is 27.1. The first-order valence-electron chi connectivity index (χ1n) is 10.6. The molecule has 8 heteroatoms. The highest BCUT2D eigenvalue weighted by molar-refractivity contribution is 8.15. The van der Waals surface area contributed by atoms with Crippen LogP contribution in [0.5, 0.6) is 0 Å². The number of amidine groups is 1. The summed E-state index contributed by atoms with van der Waals surface area (Å²) in [4.78, 5) is 11.5. The Hall–Kier alpha value is -2.45. The van der Waals surface area contributed by atoms with Gasteiger partial charge in [-0.3, -0.25) is 4.79 Å². The van der Waals surface area contributed by atoms with Gasteiger partial charge in [-0.2, -0.15) is 5.10 Å². The van der Waals surface area contributed by atoms with E-state index in [0.717, 1.165) is 30.4 Å². The third kappa shape index (κ3) is 4.19. The van der Waals surface area contributed by atoms with E-state index in [2.05, 4.69) is 21.2 Å². The minimum Gasteiger partial charge on any atom is -0.304 e. The minimum atomic E-state index is -0.258. The highest BCUT2D eigenvalue weighted by Crippen LogP contribution is 2.48. The Balaban J connectivity index is 1.49. The standard InChI is InChI=1S/C23H24F2N4OS/c24-15-8-4-13(5-9-15)20-17-2-1-3-18(21(27-20)14-6-10-16(25)11-7-14)22(17)28-29-23-26-19(30)12-31-23/h4-11,17-18,20-22,27-28H,1-3,12H2,(H,26,29,30). The minimum absolute atomic E-state index is 0.00993. The fourth-order valence-corrected chi connectivity index (χ4v) is 5.84. The molecule has 2 aromatic rings. The molecule has 5 nitrogen and oxygen atoms in total. The van der Waals surface area contributed by atoms with Crippen LogP contribution in [-0.2, 0) is 4.79 Å². The summed E-state index contributed by atoms with van der Waals surface area (Å²) in [5, 5.41) is 11.7. The van der Waals surface area contributed by atoms with Gasteiger partial charge in [-0.25, -0.2) is 8.78 Å². The average Bonchev–Trinajstić information content (AvgIpc) is 3.19. The third-order valence-electron chi connectivity index (χ3n) is 6.57. The molecule has 0 radical (unpaired) electrons. The van der Waals surface area contributed by atoms with Crippen LogP contribution in [0, 0.1) is 23.5 Å². The number of hydrazone groups is 1. The van der Waals surface area contributed by atoms with Crippen molar-refractivity contribution in [2.24, 2.45) is 16.9 Å².